The Balaban J connectivity index is 1.61. The van der Waals surface area contributed by atoms with Gasteiger partial charge < -0.3 is 15.5 Å². The van der Waals surface area contributed by atoms with Crippen LogP contribution in [0.2, 0.25) is 0 Å². The number of nitrogens with one attached hydrogen (secondary N) is 2. The van der Waals surface area contributed by atoms with Gasteiger partial charge in [0.15, 0.2) is 11.6 Å². The van der Waals surface area contributed by atoms with E-state index < -0.39 is 5.82 Å². The Hall–Kier alpha value is -3.86. The van der Waals surface area contributed by atoms with Crippen LogP contribution in [0.4, 0.5) is 10.2 Å². The fourth-order valence-corrected chi connectivity index (χ4v) is 4.52. The lowest BCUT2D eigenvalue weighted by Gasteiger charge is -2.19. The van der Waals surface area contributed by atoms with Gasteiger partial charge in [-0.05, 0) is 73.9 Å². The van der Waals surface area contributed by atoms with Crippen molar-refractivity contribution in [1.82, 2.24) is 19.5 Å². The van der Waals surface area contributed by atoms with Crippen molar-refractivity contribution in [2.24, 2.45) is 11.1 Å². The highest BCUT2D eigenvalue weighted by Crippen LogP contribution is 2.23. The van der Waals surface area contributed by atoms with Crippen molar-refractivity contribution in [3.8, 4) is 5.75 Å². The predicted molar refractivity (Wildman–Crippen MR) is 151 cm³/mol. The summed E-state index contributed by atoms with van der Waals surface area (Å²) in [5, 5.41) is 11.7. The first-order valence-electron chi connectivity index (χ1n) is 12.1. The van der Waals surface area contributed by atoms with Gasteiger partial charge in [0.25, 0.3) is 0 Å². The van der Waals surface area contributed by atoms with E-state index in [0.717, 1.165) is 28.3 Å². The third-order valence-corrected chi connectivity index (χ3v) is 6.83. The van der Waals surface area contributed by atoms with Crippen LogP contribution >= 0.6 is 12.1 Å². The van der Waals surface area contributed by atoms with E-state index in [1.807, 2.05) is 32.1 Å². The second-order valence-electron chi connectivity index (χ2n) is 9.03. The highest BCUT2D eigenvalue weighted by molar-refractivity contribution is 7.95. The number of ether oxygens (including phenoxy) is 1. The van der Waals surface area contributed by atoms with Crippen molar-refractivity contribution >= 4 is 41.6 Å². The largest absolute Gasteiger partial charge is 0.454 e. The standard InChI is InChI=1S/C28H31FN6O2S/c1-5-16(2)25(37-26-9-7-6-8-21(26)29)11-10-18(4)35-28(30)20(15-32-35)27(36)24-13-19-12-17(3)22(34-38-31)14-23(19)33-24/h5-15,17,22,33-34H,30-31H2,1-4H3/b16-5-,18-10+,25-11+. The maximum absolute atomic E-state index is 14.1. The molecule has 0 saturated carbocycles. The van der Waals surface area contributed by atoms with Gasteiger partial charge in [0.2, 0.25) is 5.78 Å². The second kappa shape index (κ2) is 11.7. The summed E-state index contributed by atoms with van der Waals surface area (Å²) >= 11 is 1.07. The number of fused-ring (bicyclic) bond motifs is 1. The SMILES string of the molecule is C\C=C(C)/C(=C\C=C(/C)n1ncc(C(=O)c2cc3c([nH]2)=CC(NSN)C(C)C=3)c1N)Oc1ccccc1F. The number of allylic oxidation sites excluding steroid dienone is 5. The number of aromatic amines is 1. The molecule has 4 rings (SSSR count). The van der Waals surface area contributed by atoms with Gasteiger partial charge in [-0.3, -0.25) is 9.93 Å². The molecule has 2 aromatic heterocycles. The maximum Gasteiger partial charge on any atom is 0.214 e. The van der Waals surface area contributed by atoms with Gasteiger partial charge in [0, 0.05) is 29.2 Å². The Labute approximate surface area is 224 Å². The number of anilines is 1. The van der Waals surface area contributed by atoms with Crippen molar-refractivity contribution in [3.05, 3.63) is 93.7 Å². The molecule has 0 radical (unpaired) electrons. The maximum atomic E-state index is 14.1. The van der Waals surface area contributed by atoms with Crippen LogP contribution in [0.25, 0.3) is 17.8 Å². The molecule has 0 saturated heterocycles. The lowest BCUT2D eigenvalue weighted by molar-refractivity contribution is 0.103. The van der Waals surface area contributed by atoms with Gasteiger partial charge >= 0.3 is 0 Å². The normalized spacial score (nSPS) is 18.0. The van der Waals surface area contributed by atoms with Crippen LogP contribution in [0.5, 0.6) is 5.75 Å². The molecular weight excluding hydrogens is 503 g/mol. The zero-order valence-corrected chi connectivity index (χ0v) is 22.5. The molecule has 0 fully saturated rings. The summed E-state index contributed by atoms with van der Waals surface area (Å²) in [5.74, 6) is 0.307. The van der Waals surface area contributed by atoms with E-state index in [1.165, 1.54) is 16.9 Å². The lowest BCUT2D eigenvalue weighted by atomic mass is 9.97. The molecule has 38 heavy (non-hydrogen) atoms. The van der Waals surface area contributed by atoms with Crippen LogP contribution in [-0.4, -0.2) is 26.6 Å². The van der Waals surface area contributed by atoms with Crippen LogP contribution in [0, 0.1) is 11.7 Å². The number of benzene rings is 1. The molecule has 2 atom stereocenters. The monoisotopic (exact) mass is 534 g/mol. The Morgan fingerprint density at radius 1 is 1.26 bits per heavy atom. The number of nitrogens with zero attached hydrogens (tertiary/aromatic N) is 2. The van der Waals surface area contributed by atoms with Gasteiger partial charge in [-0.2, -0.15) is 5.10 Å². The molecule has 3 aromatic rings. The molecule has 0 amide bonds. The summed E-state index contributed by atoms with van der Waals surface area (Å²) in [5.41, 5.74) is 8.53. The summed E-state index contributed by atoms with van der Waals surface area (Å²) in [6.07, 6.45) is 10.9. The number of hydrogen-bond donors (Lipinski definition) is 4. The van der Waals surface area contributed by atoms with E-state index >= 15 is 0 Å². The fourth-order valence-electron chi connectivity index (χ4n) is 4.08. The van der Waals surface area contributed by atoms with Gasteiger partial charge in [-0.1, -0.05) is 31.2 Å². The summed E-state index contributed by atoms with van der Waals surface area (Å²) in [7, 11) is 0. The lowest BCUT2D eigenvalue weighted by Crippen LogP contribution is -2.39. The number of rotatable bonds is 9. The third-order valence-electron chi connectivity index (χ3n) is 6.42. The molecule has 1 aromatic carbocycles. The quantitative estimate of drug-likeness (QED) is 0.143. The van der Waals surface area contributed by atoms with Crippen molar-refractivity contribution in [2.45, 2.75) is 33.7 Å². The summed E-state index contributed by atoms with van der Waals surface area (Å²) in [6.45, 7) is 7.63. The Morgan fingerprint density at radius 3 is 2.74 bits per heavy atom. The van der Waals surface area contributed by atoms with Gasteiger partial charge in [0.05, 0.1) is 17.5 Å². The van der Waals surface area contributed by atoms with Gasteiger partial charge in [-0.15, -0.1) is 0 Å². The smallest absolute Gasteiger partial charge is 0.214 e. The van der Waals surface area contributed by atoms with Crippen molar-refractivity contribution in [1.29, 1.82) is 0 Å². The first-order valence-corrected chi connectivity index (χ1v) is 13.0. The number of halogens is 1. The average Bonchev–Trinajstić information content (AvgIpc) is 3.50. The van der Waals surface area contributed by atoms with Crippen LogP contribution in [0.1, 0.15) is 43.7 Å². The van der Waals surface area contributed by atoms with Gasteiger partial charge in [0.1, 0.15) is 11.6 Å². The summed E-state index contributed by atoms with van der Waals surface area (Å²) in [6, 6.07) is 8.08. The Bertz CT molecular complexity index is 1570. The molecule has 6 N–H and O–H groups in total. The number of nitrogens with two attached hydrogens (primary N) is 2. The molecule has 1 aliphatic carbocycles. The number of hydrogen-bond acceptors (Lipinski definition) is 7. The molecular formula is C28H31FN6O2S. The second-order valence-corrected chi connectivity index (χ2v) is 9.50. The topological polar surface area (TPSA) is 124 Å². The van der Waals surface area contributed by atoms with E-state index in [9.17, 15) is 9.18 Å². The van der Waals surface area contributed by atoms with E-state index in [2.05, 4.69) is 27.8 Å². The zero-order valence-electron chi connectivity index (χ0n) is 21.7. The molecule has 10 heteroatoms. The Morgan fingerprint density at radius 2 is 2.03 bits per heavy atom. The molecule has 0 spiro atoms. The van der Waals surface area contributed by atoms with Crippen LogP contribution < -0.4 is 30.9 Å². The number of carbonyl (C=O) groups is 1. The molecule has 0 bridgehead atoms. The minimum absolute atomic E-state index is 0.0474. The van der Waals surface area contributed by atoms with Crippen LogP contribution in [0.15, 0.2) is 66.1 Å². The highest BCUT2D eigenvalue weighted by atomic mass is 32.2. The highest BCUT2D eigenvalue weighted by Gasteiger charge is 2.21. The molecule has 8 nitrogen and oxygen atoms in total. The minimum Gasteiger partial charge on any atom is -0.454 e. The first kappa shape index (κ1) is 27.2. The number of ketones is 1. The third kappa shape index (κ3) is 5.67. The number of nitrogen functional groups attached to an aromatic ring is 1. The molecule has 0 aliphatic heterocycles. The molecule has 2 unspecified atom stereocenters. The number of para-hydroxylation sites is 1. The van der Waals surface area contributed by atoms with E-state index in [1.54, 1.807) is 37.3 Å². The molecule has 1 aliphatic rings. The summed E-state index contributed by atoms with van der Waals surface area (Å²) < 4.78 is 24.6. The average molecular weight is 535 g/mol. The van der Waals surface area contributed by atoms with Crippen molar-refractivity contribution in [3.63, 3.8) is 0 Å². The minimum atomic E-state index is -0.455. The Kier molecular flexibility index (Phi) is 8.35. The zero-order chi connectivity index (χ0) is 27.4. The van der Waals surface area contributed by atoms with E-state index in [0.29, 0.717) is 17.2 Å². The number of aromatic nitrogens is 3. The molecule has 198 valence electrons. The van der Waals surface area contributed by atoms with Crippen LogP contribution in [0.3, 0.4) is 0 Å². The molecule has 2 heterocycles. The predicted octanol–water partition coefficient (Wildman–Crippen LogP) is 3.64. The van der Waals surface area contributed by atoms with Gasteiger partial charge in [-0.25, -0.2) is 13.8 Å². The first-order chi connectivity index (χ1) is 18.2. The van der Waals surface area contributed by atoms with E-state index in [-0.39, 0.29) is 34.9 Å². The van der Waals surface area contributed by atoms with Crippen LogP contribution in [-0.2, 0) is 0 Å². The number of H-pyrrole nitrogens is 1. The van der Waals surface area contributed by atoms with E-state index in [4.69, 9.17) is 15.6 Å². The number of carbonyl (C=O) groups excluding carboxylic acids is 1. The summed E-state index contributed by atoms with van der Waals surface area (Å²) in [4.78, 5) is 16.5. The fraction of sp³-hybridized carbons (Fsp3) is 0.214. The van der Waals surface area contributed by atoms with Crippen molar-refractivity contribution in [2.75, 3.05) is 5.73 Å². The van der Waals surface area contributed by atoms with Crippen molar-refractivity contribution < 1.29 is 13.9 Å².